The molecule has 0 saturated carbocycles. The van der Waals surface area contributed by atoms with Crippen LogP contribution in [0, 0.1) is 0 Å². The molecule has 1 fully saturated rings. The Balaban J connectivity index is 1.11. The van der Waals surface area contributed by atoms with Gasteiger partial charge in [0.2, 0.25) is 11.8 Å². The third kappa shape index (κ3) is 10.2. The number of aromatic nitrogens is 2. The van der Waals surface area contributed by atoms with E-state index in [1.807, 2.05) is 78.5 Å². The number of carbonyl (C=O) groups is 2. The monoisotopic (exact) mass is 657 g/mol. The summed E-state index contributed by atoms with van der Waals surface area (Å²) < 4.78 is 14.9. The molecule has 47 heavy (non-hydrogen) atoms. The van der Waals surface area contributed by atoms with E-state index < -0.39 is 6.29 Å². The van der Waals surface area contributed by atoms with E-state index in [0.29, 0.717) is 42.1 Å². The number of anilines is 3. The molecule has 1 aromatic heterocycles. The van der Waals surface area contributed by atoms with Crippen LogP contribution in [0.4, 0.5) is 17.1 Å². The Morgan fingerprint density at radius 2 is 1.68 bits per heavy atom. The molecule has 0 bridgehead atoms. The van der Waals surface area contributed by atoms with Crippen molar-refractivity contribution in [3.63, 3.8) is 0 Å². The minimum absolute atomic E-state index is 0.0108. The summed E-state index contributed by atoms with van der Waals surface area (Å²) in [7, 11) is 1.97. The number of nitrogens with two attached hydrogens (primary N) is 1. The number of hydrogen-bond acceptors (Lipinski definition) is 8. The number of ether oxygens (including phenoxy) is 2. The molecule has 1 aliphatic heterocycles. The standard InChI is InChI=1S/C36H43N5O5S/c1-41-20-19-38-36(41)47-24-29-22-32(26-17-15-25(23-42)16-18-26)46-35(45-29)27-9-8-10-28(21-27)39-33(43)13-4-2-3-5-14-34(44)40-31-12-7-6-11-30(31)37/h6-12,15-21,29,32,35,42H,2-5,13-14,22-24,37H2,1H3,(H,39,43)(H,40,44)/t29-,32+,35+/m0/s1. The molecule has 248 valence electrons. The molecule has 0 aliphatic carbocycles. The number of carbonyl (C=O) groups excluding carboxylic acids is 2. The van der Waals surface area contributed by atoms with Crippen LogP contribution in [-0.4, -0.2) is 38.3 Å². The lowest BCUT2D eigenvalue weighted by molar-refractivity contribution is -0.245. The average molecular weight is 658 g/mol. The van der Waals surface area contributed by atoms with Gasteiger partial charge in [0, 0.05) is 55.7 Å². The van der Waals surface area contributed by atoms with Crippen LogP contribution in [0.1, 0.15) is 74.0 Å². The Morgan fingerprint density at radius 1 is 0.936 bits per heavy atom. The van der Waals surface area contributed by atoms with Gasteiger partial charge in [-0.15, -0.1) is 0 Å². The summed E-state index contributed by atoms with van der Waals surface area (Å²) in [6.07, 6.45) is 7.47. The van der Waals surface area contributed by atoms with Crippen LogP contribution >= 0.6 is 11.8 Å². The molecule has 4 aromatic rings. The predicted molar refractivity (Wildman–Crippen MR) is 185 cm³/mol. The molecule has 3 atom stereocenters. The fraction of sp³-hybridized carbons (Fsp3) is 0.361. The van der Waals surface area contributed by atoms with Crippen molar-refractivity contribution < 1.29 is 24.2 Å². The van der Waals surface area contributed by atoms with Gasteiger partial charge in [-0.3, -0.25) is 9.59 Å². The number of hydrogen-bond donors (Lipinski definition) is 4. The molecule has 0 spiro atoms. The zero-order valence-electron chi connectivity index (χ0n) is 26.6. The number of nitrogens with zero attached hydrogens (tertiary/aromatic N) is 2. The number of unbranched alkanes of at least 4 members (excludes halogenated alkanes) is 3. The Kier molecular flexibility index (Phi) is 12.5. The Hall–Kier alpha value is -4.16. The largest absolute Gasteiger partial charge is 0.397 e. The first-order valence-electron chi connectivity index (χ1n) is 16.0. The van der Waals surface area contributed by atoms with E-state index >= 15 is 0 Å². The van der Waals surface area contributed by atoms with Crippen molar-refractivity contribution >= 4 is 40.6 Å². The highest BCUT2D eigenvalue weighted by Crippen LogP contribution is 2.39. The normalized spacial score (nSPS) is 17.7. The average Bonchev–Trinajstić information content (AvgIpc) is 3.50. The first-order valence-corrected chi connectivity index (χ1v) is 17.0. The molecule has 2 heterocycles. The number of aliphatic hydroxyl groups is 1. The fourth-order valence-electron chi connectivity index (χ4n) is 5.42. The van der Waals surface area contributed by atoms with E-state index in [1.54, 1.807) is 30.1 Å². The molecule has 11 heteroatoms. The highest BCUT2D eigenvalue weighted by molar-refractivity contribution is 7.99. The fourth-order valence-corrected chi connectivity index (χ4v) is 6.37. The van der Waals surface area contributed by atoms with Crippen molar-refractivity contribution in [2.45, 2.75) is 75.2 Å². The van der Waals surface area contributed by atoms with Gasteiger partial charge in [-0.25, -0.2) is 4.98 Å². The number of aliphatic hydroxyl groups excluding tert-OH is 1. The summed E-state index contributed by atoms with van der Waals surface area (Å²) in [4.78, 5) is 29.4. The van der Waals surface area contributed by atoms with Gasteiger partial charge in [0.25, 0.3) is 0 Å². The van der Waals surface area contributed by atoms with Gasteiger partial charge in [-0.1, -0.05) is 73.1 Å². The molecule has 2 amide bonds. The lowest BCUT2D eigenvalue weighted by Crippen LogP contribution is -2.31. The van der Waals surface area contributed by atoms with Gasteiger partial charge in [0.15, 0.2) is 11.4 Å². The van der Waals surface area contributed by atoms with Gasteiger partial charge in [-0.05, 0) is 48.2 Å². The van der Waals surface area contributed by atoms with Gasteiger partial charge in [0.1, 0.15) is 0 Å². The highest BCUT2D eigenvalue weighted by atomic mass is 32.2. The number of nitrogen functional groups attached to an aromatic ring is 1. The Bertz CT molecular complexity index is 1610. The quantitative estimate of drug-likeness (QED) is 0.0625. The van der Waals surface area contributed by atoms with Crippen LogP contribution < -0.4 is 16.4 Å². The van der Waals surface area contributed by atoms with Gasteiger partial charge in [0.05, 0.1) is 30.2 Å². The van der Waals surface area contributed by atoms with Crippen molar-refractivity contribution in [1.29, 1.82) is 0 Å². The van der Waals surface area contributed by atoms with Crippen molar-refractivity contribution in [3.05, 3.63) is 102 Å². The van der Waals surface area contributed by atoms with E-state index in [9.17, 15) is 14.7 Å². The number of aryl methyl sites for hydroxylation is 1. The van der Waals surface area contributed by atoms with Crippen molar-refractivity contribution in [2.75, 3.05) is 22.1 Å². The minimum atomic E-state index is -0.620. The van der Waals surface area contributed by atoms with Gasteiger partial charge in [-0.2, -0.15) is 0 Å². The van der Waals surface area contributed by atoms with E-state index in [-0.39, 0.29) is 30.6 Å². The highest BCUT2D eigenvalue weighted by Gasteiger charge is 2.32. The van der Waals surface area contributed by atoms with Gasteiger partial charge >= 0.3 is 0 Å². The lowest BCUT2D eigenvalue weighted by Gasteiger charge is -2.36. The Morgan fingerprint density at radius 3 is 2.38 bits per heavy atom. The number of benzene rings is 3. The van der Waals surface area contributed by atoms with Crippen LogP contribution in [0.15, 0.2) is 90.3 Å². The molecule has 3 aromatic carbocycles. The second kappa shape index (κ2) is 17.1. The maximum absolute atomic E-state index is 12.8. The molecular weight excluding hydrogens is 614 g/mol. The minimum Gasteiger partial charge on any atom is -0.397 e. The number of thioether (sulfide) groups is 1. The van der Waals surface area contributed by atoms with E-state index in [1.165, 1.54) is 0 Å². The Labute approximate surface area is 280 Å². The third-order valence-corrected chi connectivity index (χ3v) is 9.22. The van der Waals surface area contributed by atoms with E-state index in [0.717, 1.165) is 47.5 Å². The number of nitrogens with one attached hydrogen (secondary N) is 2. The molecule has 0 radical (unpaired) electrons. The number of rotatable bonds is 15. The smallest absolute Gasteiger partial charge is 0.224 e. The molecule has 1 saturated heterocycles. The first-order chi connectivity index (χ1) is 22.9. The van der Waals surface area contributed by atoms with Crippen molar-refractivity contribution in [3.8, 4) is 0 Å². The summed E-state index contributed by atoms with van der Waals surface area (Å²) >= 11 is 1.64. The number of para-hydroxylation sites is 2. The van der Waals surface area contributed by atoms with E-state index in [4.69, 9.17) is 15.2 Å². The maximum atomic E-state index is 12.8. The predicted octanol–water partition coefficient (Wildman–Crippen LogP) is 6.75. The van der Waals surface area contributed by atoms with Crippen molar-refractivity contribution in [2.24, 2.45) is 7.05 Å². The van der Waals surface area contributed by atoms with Crippen LogP contribution in [0.5, 0.6) is 0 Å². The lowest BCUT2D eigenvalue weighted by atomic mass is 10.0. The van der Waals surface area contributed by atoms with Crippen LogP contribution in [0.3, 0.4) is 0 Å². The summed E-state index contributed by atoms with van der Waals surface area (Å²) in [6.45, 7) is -0.0108. The summed E-state index contributed by atoms with van der Waals surface area (Å²) in [6, 6.07) is 22.6. The molecule has 1 aliphatic rings. The molecule has 5 N–H and O–H groups in total. The number of amides is 2. The van der Waals surface area contributed by atoms with Gasteiger partial charge < -0.3 is 35.5 Å². The number of imidazole rings is 1. The van der Waals surface area contributed by atoms with Crippen molar-refractivity contribution in [1.82, 2.24) is 9.55 Å². The second-order valence-corrected chi connectivity index (χ2v) is 12.7. The SMILES string of the molecule is Cn1ccnc1SC[C@@H]1C[C@H](c2ccc(CO)cc2)O[C@H](c2cccc(NC(=O)CCCCCCC(=O)Nc3ccccc3N)c2)O1. The molecule has 5 rings (SSSR count). The van der Waals surface area contributed by atoms with E-state index in [2.05, 4.69) is 15.6 Å². The summed E-state index contributed by atoms with van der Waals surface area (Å²) in [5.41, 5.74) is 10.4. The topological polar surface area (TPSA) is 141 Å². The first kappa shape index (κ1) is 34.2. The molecule has 0 unspecified atom stereocenters. The maximum Gasteiger partial charge on any atom is 0.224 e. The second-order valence-electron chi connectivity index (χ2n) is 11.7. The van der Waals surface area contributed by atoms with Crippen LogP contribution in [0.2, 0.25) is 0 Å². The molecule has 10 nitrogen and oxygen atoms in total. The van der Waals surface area contributed by atoms with Crippen LogP contribution in [-0.2, 0) is 32.7 Å². The van der Waals surface area contributed by atoms with Crippen LogP contribution in [0.25, 0.3) is 0 Å². The summed E-state index contributed by atoms with van der Waals surface area (Å²) in [5, 5.41) is 16.3. The zero-order chi connectivity index (χ0) is 33.0. The molecular formula is C36H43N5O5S. The third-order valence-electron chi connectivity index (χ3n) is 8.03. The zero-order valence-corrected chi connectivity index (χ0v) is 27.5. The summed E-state index contributed by atoms with van der Waals surface area (Å²) in [5.74, 6) is 0.588.